The molecule has 1 N–H and O–H groups in total. The third-order valence-electron chi connectivity index (χ3n) is 6.52. The van der Waals surface area contributed by atoms with Gasteiger partial charge in [-0.05, 0) is 17.7 Å². The van der Waals surface area contributed by atoms with Gasteiger partial charge < -0.3 is 23.8 Å². The molecule has 2 aliphatic heterocycles. The van der Waals surface area contributed by atoms with Gasteiger partial charge in [-0.15, -0.1) is 11.3 Å². The predicted molar refractivity (Wildman–Crippen MR) is 146 cm³/mol. The van der Waals surface area contributed by atoms with E-state index in [2.05, 4.69) is 20.7 Å². The number of oxime groups is 1. The minimum atomic E-state index is -0.668. The third kappa shape index (κ3) is 4.93. The Hall–Kier alpha value is -4.98. The molecular weight excluding hydrogens is 557 g/mol. The van der Waals surface area contributed by atoms with Crippen LogP contribution in [-0.2, 0) is 11.3 Å². The summed E-state index contributed by atoms with van der Waals surface area (Å²) >= 11 is 1.23. The molecule has 2 aromatic heterocycles. The Morgan fingerprint density at radius 1 is 1.22 bits per heavy atom. The summed E-state index contributed by atoms with van der Waals surface area (Å²) in [6.45, 7) is -0.0387. The first-order chi connectivity index (χ1) is 20.0. The molecule has 14 heteroatoms. The highest BCUT2D eigenvalue weighted by Gasteiger charge is 2.34. The Bertz CT molecular complexity index is 1770. The van der Waals surface area contributed by atoms with Gasteiger partial charge in [-0.3, -0.25) is 14.0 Å². The topological polar surface area (TPSA) is 134 Å². The zero-order chi connectivity index (χ0) is 28.5. The number of nitrogens with zero attached hydrogens (tertiary/aromatic N) is 4. The van der Waals surface area contributed by atoms with E-state index in [1.807, 2.05) is 0 Å². The Kier molecular flexibility index (Phi) is 6.97. The number of benzene rings is 2. The number of amides is 1. The third-order valence-corrected chi connectivity index (χ3v) is 7.27. The lowest BCUT2D eigenvalue weighted by Crippen LogP contribution is -2.23. The van der Waals surface area contributed by atoms with Crippen molar-refractivity contribution in [2.75, 3.05) is 21.0 Å². The van der Waals surface area contributed by atoms with E-state index in [4.69, 9.17) is 23.8 Å². The molecule has 12 nitrogen and oxygen atoms in total. The molecule has 2 aromatic carbocycles. The van der Waals surface area contributed by atoms with E-state index >= 15 is 0 Å². The standard InChI is InChI=1S/C27H22FN5O7S/c1-36-22-17(9-16-10-19(32-40-16)14-3-5-15(28)6-4-14)18(23(37-2)25-24(22)38-13-39-25)12-29-31-26(35)20-11-21(34)33-7-8-41-27(33)30-20/h3-8,11-12,16H,9-10,13H2,1-2H3,(H,31,35)/b29-12-/t16-/m0/s1. The smallest absolute Gasteiger partial charge is 0.290 e. The zero-order valence-electron chi connectivity index (χ0n) is 21.8. The normalized spacial score (nSPS) is 15.7. The zero-order valence-corrected chi connectivity index (χ0v) is 22.6. The number of aromatic nitrogens is 2. The molecule has 0 aliphatic carbocycles. The van der Waals surface area contributed by atoms with Crippen LogP contribution >= 0.6 is 11.3 Å². The van der Waals surface area contributed by atoms with Crippen LogP contribution in [0.5, 0.6) is 23.0 Å². The van der Waals surface area contributed by atoms with Crippen molar-refractivity contribution in [3.8, 4) is 23.0 Å². The second-order valence-corrected chi connectivity index (χ2v) is 9.81. The average molecular weight is 580 g/mol. The summed E-state index contributed by atoms with van der Waals surface area (Å²) in [5, 5.41) is 10.0. The highest BCUT2D eigenvalue weighted by Crippen LogP contribution is 2.52. The summed E-state index contributed by atoms with van der Waals surface area (Å²) in [6, 6.07) is 7.15. The Balaban J connectivity index is 1.30. The first kappa shape index (κ1) is 26.3. The number of ether oxygens (including phenoxy) is 4. The number of hydrazone groups is 1. The highest BCUT2D eigenvalue weighted by atomic mass is 32.1. The van der Waals surface area contributed by atoms with E-state index in [1.165, 1.54) is 48.3 Å². The molecule has 0 saturated heterocycles. The second kappa shape index (κ2) is 10.9. The van der Waals surface area contributed by atoms with Crippen molar-refractivity contribution < 1.29 is 33.0 Å². The molecule has 0 bridgehead atoms. The van der Waals surface area contributed by atoms with Crippen molar-refractivity contribution in [3.63, 3.8) is 0 Å². The number of halogens is 1. The van der Waals surface area contributed by atoms with Crippen LogP contribution in [0.25, 0.3) is 4.96 Å². The number of carbonyl (C=O) groups is 1. The molecule has 2 aliphatic rings. The van der Waals surface area contributed by atoms with Crippen LogP contribution in [0.2, 0.25) is 0 Å². The summed E-state index contributed by atoms with van der Waals surface area (Å²) in [5.74, 6) is 0.400. The Morgan fingerprint density at radius 3 is 2.73 bits per heavy atom. The molecule has 0 radical (unpaired) electrons. The summed E-state index contributed by atoms with van der Waals surface area (Å²) in [5.41, 5.74) is 4.45. The number of methoxy groups -OCH3 is 2. The van der Waals surface area contributed by atoms with Crippen LogP contribution in [0.1, 0.15) is 33.6 Å². The maximum atomic E-state index is 13.4. The van der Waals surface area contributed by atoms with Crippen molar-refractivity contribution in [2.24, 2.45) is 10.3 Å². The molecule has 1 amide bonds. The molecule has 6 rings (SSSR count). The van der Waals surface area contributed by atoms with Crippen LogP contribution in [0.15, 0.2) is 57.0 Å². The van der Waals surface area contributed by atoms with Crippen molar-refractivity contribution in [2.45, 2.75) is 18.9 Å². The minimum absolute atomic E-state index is 0.0387. The number of rotatable bonds is 8. The number of thiazole rings is 1. The van der Waals surface area contributed by atoms with Gasteiger partial charge in [-0.1, -0.05) is 17.3 Å². The summed E-state index contributed by atoms with van der Waals surface area (Å²) in [7, 11) is 2.97. The highest BCUT2D eigenvalue weighted by molar-refractivity contribution is 7.15. The van der Waals surface area contributed by atoms with Crippen molar-refractivity contribution >= 4 is 34.1 Å². The molecule has 0 unspecified atom stereocenters. The van der Waals surface area contributed by atoms with E-state index in [0.717, 1.165) is 11.6 Å². The fraction of sp³-hybridized carbons (Fsp3) is 0.222. The van der Waals surface area contributed by atoms with Crippen molar-refractivity contribution in [3.05, 3.63) is 80.5 Å². The molecule has 0 spiro atoms. The van der Waals surface area contributed by atoms with Crippen molar-refractivity contribution in [1.29, 1.82) is 0 Å². The monoisotopic (exact) mass is 579 g/mol. The number of hydrogen-bond donors (Lipinski definition) is 1. The number of carbonyl (C=O) groups excluding carboxylic acids is 1. The van der Waals surface area contributed by atoms with Crippen LogP contribution in [0.3, 0.4) is 0 Å². The molecule has 4 heterocycles. The Labute approximate surface area is 235 Å². The molecule has 0 fully saturated rings. The van der Waals surface area contributed by atoms with Gasteiger partial charge in [0.15, 0.2) is 16.5 Å². The van der Waals surface area contributed by atoms with E-state index in [0.29, 0.717) is 57.6 Å². The largest absolute Gasteiger partial charge is 0.492 e. The fourth-order valence-corrected chi connectivity index (χ4v) is 5.36. The van der Waals surface area contributed by atoms with Gasteiger partial charge >= 0.3 is 0 Å². The number of fused-ring (bicyclic) bond motifs is 2. The first-order valence-electron chi connectivity index (χ1n) is 12.3. The van der Waals surface area contributed by atoms with Gasteiger partial charge in [0.25, 0.3) is 11.5 Å². The Morgan fingerprint density at radius 2 is 1.98 bits per heavy atom. The van der Waals surface area contributed by atoms with E-state index < -0.39 is 12.0 Å². The lowest BCUT2D eigenvalue weighted by molar-refractivity contribution is 0.0853. The summed E-state index contributed by atoms with van der Waals surface area (Å²) in [6.07, 6.45) is 3.32. The van der Waals surface area contributed by atoms with E-state index in [9.17, 15) is 14.0 Å². The van der Waals surface area contributed by atoms with Crippen LogP contribution in [-0.4, -0.2) is 54.3 Å². The first-order valence-corrected chi connectivity index (χ1v) is 13.2. The predicted octanol–water partition coefficient (Wildman–Crippen LogP) is 3.14. The van der Waals surface area contributed by atoms with Gasteiger partial charge in [0.05, 0.1) is 26.1 Å². The SMILES string of the molecule is COc1c(/C=N\NC(=O)c2cc(=O)n3ccsc3n2)c(C[C@H]2CC(c3ccc(F)cc3)=NO2)c(OC)c2c1OCO2. The molecule has 210 valence electrons. The minimum Gasteiger partial charge on any atom is -0.492 e. The van der Waals surface area contributed by atoms with E-state index in [1.54, 1.807) is 23.7 Å². The molecular formula is C27H22FN5O7S. The van der Waals surface area contributed by atoms with Gasteiger partial charge in [0, 0.05) is 41.6 Å². The van der Waals surface area contributed by atoms with Gasteiger partial charge in [-0.2, -0.15) is 5.10 Å². The lowest BCUT2D eigenvalue weighted by atomic mass is 9.95. The number of hydrogen-bond acceptors (Lipinski definition) is 11. The maximum absolute atomic E-state index is 13.4. The lowest BCUT2D eigenvalue weighted by Gasteiger charge is -2.19. The van der Waals surface area contributed by atoms with Gasteiger partial charge in [0.2, 0.25) is 18.3 Å². The average Bonchev–Trinajstić information content (AvgIpc) is 3.75. The summed E-state index contributed by atoms with van der Waals surface area (Å²) < 4.78 is 37.4. The summed E-state index contributed by atoms with van der Waals surface area (Å²) in [4.78, 5) is 35.4. The fourth-order valence-electron chi connectivity index (χ4n) is 4.64. The molecule has 0 saturated carbocycles. The molecule has 1 atom stereocenters. The van der Waals surface area contributed by atoms with Crippen LogP contribution in [0.4, 0.5) is 4.39 Å². The number of nitrogens with one attached hydrogen (secondary N) is 1. The van der Waals surface area contributed by atoms with Gasteiger partial charge in [-0.25, -0.2) is 14.8 Å². The molecule has 41 heavy (non-hydrogen) atoms. The maximum Gasteiger partial charge on any atom is 0.290 e. The quantitative estimate of drug-likeness (QED) is 0.249. The van der Waals surface area contributed by atoms with Gasteiger partial charge in [0.1, 0.15) is 17.6 Å². The van der Waals surface area contributed by atoms with Crippen LogP contribution in [0, 0.1) is 5.82 Å². The van der Waals surface area contributed by atoms with Crippen LogP contribution < -0.4 is 29.9 Å². The molecule has 4 aromatic rings. The van der Waals surface area contributed by atoms with Crippen molar-refractivity contribution in [1.82, 2.24) is 14.8 Å². The second-order valence-electron chi connectivity index (χ2n) is 8.94. The van der Waals surface area contributed by atoms with E-state index in [-0.39, 0.29) is 23.9 Å².